The first-order chi connectivity index (χ1) is 13.2. The molecule has 140 valence electrons. The molecule has 0 aliphatic rings. The van der Waals surface area contributed by atoms with Crippen LogP contribution in [0.25, 0.3) is 10.9 Å². The third-order valence-electron chi connectivity index (χ3n) is 4.13. The van der Waals surface area contributed by atoms with Gasteiger partial charge in [-0.2, -0.15) is 0 Å². The number of amides is 1. The minimum absolute atomic E-state index is 0.00199. The van der Waals surface area contributed by atoms with Crippen LogP contribution in [0.4, 0.5) is 0 Å². The molecular formula is C21H23N3O3. The third kappa shape index (κ3) is 5.67. The summed E-state index contributed by atoms with van der Waals surface area (Å²) in [6.07, 6.45) is 2.34. The van der Waals surface area contributed by atoms with Gasteiger partial charge in [0.05, 0.1) is 17.5 Å². The molecule has 0 saturated heterocycles. The maximum absolute atomic E-state index is 12.0. The highest BCUT2D eigenvalue weighted by molar-refractivity contribution is 5.77. The Bertz CT molecular complexity index is 938. The van der Waals surface area contributed by atoms with Crippen LogP contribution in [-0.2, 0) is 11.2 Å². The molecule has 2 N–H and O–H groups in total. The van der Waals surface area contributed by atoms with Crippen molar-refractivity contribution in [1.82, 2.24) is 15.3 Å². The number of ether oxygens (including phenoxy) is 1. The fourth-order valence-electron chi connectivity index (χ4n) is 2.76. The molecule has 1 aromatic heterocycles. The Morgan fingerprint density at radius 1 is 1.04 bits per heavy atom. The Hall–Kier alpha value is -3.15. The van der Waals surface area contributed by atoms with Gasteiger partial charge in [-0.05, 0) is 37.1 Å². The Morgan fingerprint density at radius 3 is 2.67 bits per heavy atom. The summed E-state index contributed by atoms with van der Waals surface area (Å²) in [6, 6.07) is 16.8. The largest absolute Gasteiger partial charge is 0.494 e. The van der Waals surface area contributed by atoms with Crippen molar-refractivity contribution in [3.63, 3.8) is 0 Å². The molecule has 0 unspecified atom stereocenters. The Morgan fingerprint density at radius 2 is 1.81 bits per heavy atom. The molecule has 0 radical (unpaired) electrons. The molecule has 0 aliphatic carbocycles. The standard InChI is InChI=1S/C21H23N3O3/c25-20(22-14-7-15-27-16-8-2-1-3-9-16)13-6-12-19-23-18-11-5-4-10-17(18)21(26)24-19/h1-5,8-11H,6-7,12-15H2,(H,22,25)(H,23,24,26). The summed E-state index contributed by atoms with van der Waals surface area (Å²) in [5, 5.41) is 3.47. The van der Waals surface area contributed by atoms with Gasteiger partial charge < -0.3 is 15.0 Å². The number of hydrogen-bond donors (Lipinski definition) is 2. The molecule has 3 aromatic rings. The molecule has 2 aromatic carbocycles. The number of aromatic amines is 1. The summed E-state index contributed by atoms with van der Waals surface area (Å²) in [6.45, 7) is 1.14. The molecule has 0 bridgehead atoms. The number of para-hydroxylation sites is 2. The maximum Gasteiger partial charge on any atom is 0.258 e. The van der Waals surface area contributed by atoms with Gasteiger partial charge in [0.15, 0.2) is 0 Å². The van der Waals surface area contributed by atoms with Crippen molar-refractivity contribution in [3.05, 3.63) is 70.8 Å². The first-order valence-corrected chi connectivity index (χ1v) is 9.15. The third-order valence-corrected chi connectivity index (χ3v) is 4.13. The second-order valence-electron chi connectivity index (χ2n) is 6.25. The zero-order valence-corrected chi connectivity index (χ0v) is 15.1. The number of nitrogens with zero attached hydrogens (tertiary/aromatic N) is 1. The van der Waals surface area contributed by atoms with E-state index in [4.69, 9.17) is 4.74 Å². The SMILES string of the molecule is O=C(CCCc1nc2ccccc2c(=O)[nH]1)NCCCOc1ccccc1. The Labute approximate surface area is 157 Å². The minimum Gasteiger partial charge on any atom is -0.494 e. The lowest BCUT2D eigenvalue weighted by Gasteiger charge is -2.07. The van der Waals surface area contributed by atoms with Crippen molar-refractivity contribution in [2.24, 2.45) is 0 Å². The van der Waals surface area contributed by atoms with Gasteiger partial charge >= 0.3 is 0 Å². The summed E-state index contributed by atoms with van der Waals surface area (Å²) in [5.41, 5.74) is 0.539. The quantitative estimate of drug-likeness (QED) is 0.571. The molecule has 0 atom stereocenters. The summed E-state index contributed by atoms with van der Waals surface area (Å²) >= 11 is 0. The van der Waals surface area contributed by atoms with Crippen molar-refractivity contribution in [1.29, 1.82) is 0 Å². The van der Waals surface area contributed by atoms with Gasteiger partial charge in [0.1, 0.15) is 11.6 Å². The van der Waals surface area contributed by atoms with E-state index in [0.717, 1.165) is 12.2 Å². The van der Waals surface area contributed by atoms with Crippen LogP contribution in [0.2, 0.25) is 0 Å². The van der Waals surface area contributed by atoms with Gasteiger partial charge in [0.25, 0.3) is 5.56 Å². The van der Waals surface area contributed by atoms with Crippen LogP contribution < -0.4 is 15.6 Å². The van der Waals surface area contributed by atoms with Crippen LogP contribution in [0.3, 0.4) is 0 Å². The van der Waals surface area contributed by atoms with Gasteiger partial charge in [-0.3, -0.25) is 9.59 Å². The average Bonchev–Trinajstić information content (AvgIpc) is 2.69. The number of carbonyl (C=O) groups is 1. The van der Waals surface area contributed by atoms with E-state index in [1.807, 2.05) is 48.5 Å². The van der Waals surface area contributed by atoms with Crippen LogP contribution in [-0.4, -0.2) is 29.0 Å². The second kappa shape index (κ2) is 9.52. The minimum atomic E-state index is -0.140. The van der Waals surface area contributed by atoms with Crippen LogP contribution in [0.15, 0.2) is 59.4 Å². The zero-order chi connectivity index (χ0) is 18.9. The molecule has 1 heterocycles. The highest BCUT2D eigenvalue weighted by atomic mass is 16.5. The topological polar surface area (TPSA) is 84.1 Å². The molecule has 0 aliphatic heterocycles. The molecule has 0 spiro atoms. The molecule has 1 amide bonds. The highest BCUT2D eigenvalue weighted by Crippen LogP contribution is 2.08. The lowest BCUT2D eigenvalue weighted by molar-refractivity contribution is -0.121. The van der Waals surface area contributed by atoms with Crippen molar-refractivity contribution in [2.75, 3.05) is 13.2 Å². The van der Waals surface area contributed by atoms with E-state index in [1.165, 1.54) is 0 Å². The molecular weight excluding hydrogens is 342 g/mol. The molecule has 3 rings (SSSR count). The number of hydrogen-bond acceptors (Lipinski definition) is 4. The molecule has 0 fully saturated rings. The Kier molecular flexibility index (Phi) is 6.57. The van der Waals surface area contributed by atoms with Crippen LogP contribution in [0.5, 0.6) is 5.75 Å². The number of carbonyl (C=O) groups excluding carboxylic acids is 1. The number of rotatable bonds is 9. The van der Waals surface area contributed by atoms with E-state index in [-0.39, 0.29) is 11.5 Å². The fourth-order valence-corrected chi connectivity index (χ4v) is 2.76. The lowest BCUT2D eigenvalue weighted by atomic mass is 10.2. The van der Waals surface area contributed by atoms with E-state index < -0.39 is 0 Å². The van der Waals surface area contributed by atoms with Gasteiger partial charge in [-0.15, -0.1) is 0 Å². The van der Waals surface area contributed by atoms with E-state index >= 15 is 0 Å². The second-order valence-corrected chi connectivity index (χ2v) is 6.25. The van der Waals surface area contributed by atoms with E-state index in [1.54, 1.807) is 6.07 Å². The van der Waals surface area contributed by atoms with Crippen molar-refractivity contribution >= 4 is 16.8 Å². The van der Waals surface area contributed by atoms with Crippen LogP contribution in [0.1, 0.15) is 25.1 Å². The van der Waals surface area contributed by atoms with E-state index in [9.17, 15) is 9.59 Å². The van der Waals surface area contributed by atoms with Gasteiger partial charge in [-0.25, -0.2) is 4.98 Å². The summed E-state index contributed by atoms with van der Waals surface area (Å²) < 4.78 is 5.58. The molecule has 27 heavy (non-hydrogen) atoms. The van der Waals surface area contributed by atoms with Crippen molar-refractivity contribution in [3.8, 4) is 5.75 Å². The van der Waals surface area contributed by atoms with Crippen LogP contribution in [0, 0.1) is 0 Å². The summed E-state index contributed by atoms with van der Waals surface area (Å²) in [7, 11) is 0. The zero-order valence-electron chi connectivity index (χ0n) is 15.1. The number of H-pyrrole nitrogens is 1. The first-order valence-electron chi connectivity index (χ1n) is 9.15. The van der Waals surface area contributed by atoms with Crippen LogP contribution >= 0.6 is 0 Å². The Balaban J connectivity index is 1.34. The monoisotopic (exact) mass is 365 g/mol. The lowest BCUT2D eigenvalue weighted by Crippen LogP contribution is -2.25. The predicted octanol–water partition coefficient (Wildman–Crippen LogP) is 2.83. The van der Waals surface area contributed by atoms with Gasteiger partial charge in [0.2, 0.25) is 5.91 Å². The first kappa shape index (κ1) is 18.6. The number of aryl methyl sites for hydroxylation is 1. The van der Waals surface area contributed by atoms with Gasteiger partial charge in [0, 0.05) is 19.4 Å². The molecule has 6 nitrogen and oxygen atoms in total. The summed E-state index contributed by atoms with van der Waals surface area (Å²) in [4.78, 5) is 31.1. The molecule has 0 saturated carbocycles. The van der Waals surface area contributed by atoms with E-state index in [0.29, 0.717) is 49.1 Å². The normalized spacial score (nSPS) is 10.7. The average molecular weight is 365 g/mol. The van der Waals surface area contributed by atoms with Crippen molar-refractivity contribution < 1.29 is 9.53 Å². The summed E-state index contributed by atoms with van der Waals surface area (Å²) in [5.74, 6) is 1.45. The highest BCUT2D eigenvalue weighted by Gasteiger charge is 2.05. The predicted molar refractivity (Wildman–Crippen MR) is 105 cm³/mol. The van der Waals surface area contributed by atoms with Crippen molar-refractivity contribution in [2.45, 2.75) is 25.7 Å². The number of benzene rings is 2. The van der Waals surface area contributed by atoms with Gasteiger partial charge in [-0.1, -0.05) is 30.3 Å². The number of fused-ring (bicyclic) bond motifs is 1. The number of aromatic nitrogens is 2. The smallest absolute Gasteiger partial charge is 0.258 e. The molecule has 6 heteroatoms. The maximum atomic E-state index is 12.0. The number of nitrogens with one attached hydrogen (secondary N) is 2. The fraction of sp³-hybridized carbons (Fsp3) is 0.286. The van der Waals surface area contributed by atoms with E-state index in [2.05, 4.69) is 15.3 Å².